The van der Waals surface area contributed by atoms with Gasteiger partial charge in [-0.25, -0.2) is 0 Å². The second-order valence-corrected chi connectivity index (χ2v) is 6.00. The van der Waals surface area contributed by atoms with Crippen LogP contribution in [0.1, 0.15) is 43.9 Å². The summed E-state index contributed by atoms with van der Waals surface area (Å²) in [6.45, 7) is 3.54. The lowest BCUT2D eigenvalue weighted by atomic mass is 10.00. The van der Waals surface area contributed by atoms with Crippen LogP contribution in [0.25, 0.3) is 0 Å². The molecule has 1 N–H and O–H groups in total. The van der Waals surface area contributed by atoms with Gasteiger partial charge in [-0.1, -0.05) is 18.9 Å². The Morgan fingerprint density at radius 2 is 2.25 bits per heavy atom. The Morgan fingerprint density at radius 3 is 2.94 bits per heavy atom. The maximum absolute atomic E-state index is 3.69. The van der Waals surface area contributed by atoms with E-state index in [1.165, 1.54) is 49.9 Å². The summed E-state index contributed by atoms with van der Waals surface area (Å²) in [4.78, 5) is 1.52. The van der Waals surface area contributed by atoms with Gasteiger partial charge in [-0.3, -0.25) is 0 Å². The summed E-state index contributed by atoms with van der Waals surface area (Å²) < 4.78 is 0. The maximum Gasteiger partial charge on any atom is 0.00669 e. The molecule has 0 aromatic carbocycles. The predicted molar refractivity (Wildman–Crippen MR) is 72.1 cm³/mol. The SMILES string of the molecule is CC(NCCCc1cccs1)C1CCCC1. The zero-order chi connectivity index (χ0) is 11.2. The molecular weight excluding hydrogens is 214 g/mol. The monoisotopic (exact) mass is 237 g/mol. The molecule has 1 atom stereocenters. The molecular formula is C14H23NS. The predicted octanol–water partition coefficient (Wildman–Crippen LogP) is 3.85. The molecule has 1 heterocycles. The number of hydrogen-bond donors (Lipinski definition) is 1. The molecule has 0 spiro atoms. The van der Waals surface area contributed by atoms with Crippen molar-refractivity contribution in [1.82, 2.24) is 5.32 Å². The Kier molecular flexibility index (Phi) is 4.86. The van der Waals surface area contributed by atoms with Gasteiger partial charge in [-0.15, -0.1) is 11.3 Å². The zero-order valence-electron chi connectivity index (χ0n) is 10.2. The fraction of sp³-hybridized carbons (Fsp3) is 0.714. The van der Waals surface area contributed by atoms with Gasteiger partial charge in [0, 0.05) is 10.9 Å². The Labute approximate surface area is 103 Å². The standard InChI is InChI=1S/C14H23NS/c1-12(13-6-2-3-7-13)15-10-4-8-14-9-5-11-16-14/h5,9,11-13,15H,2-4,6-8,10H2,1H3. The molecule has 1 aliphatic carbocycles. The Bertz CT molecular complexity index is 275. The molecule has 2 heteroatoms. The van der Waals surface area contributed by atoms with E-state index in [9.17, 15) is 0 Å². The quantitative estimate of drug-likeness (QED) is 0.741. The van der Waals surface area contributed by atoms with Gasteiger partial charge in [0.2, 0.25) is 0 Å². The van der Waals surface area contributed by atoms with Crippen molar-refractivity contribution in [1.29, 1.82) is 0 Å². The number of nitrogens with one attached hydrogen (secondary N) is 1. The van der Waals surface area contributed by atoms with Crippen molar-refractivity contribution in [3.63, 3.8) is 0 Å². The van der Waals surface area contributed by atoms with Gasteiger partial charge < -0.3 is 5.32 Å². The van der Waals surface area contributed by atoms with Crippen molar-refractivity contribution in [3.05, 3.63) is 22.4 Å². The van der Waals surface area contributed by atoms with Gasteiger partial charge in [-0.2, -0.15) is 0 Å². The number of aryl methyl sites for hydroxylation is 1. The Balaban J connectivity index is 1.57. The number of hydrogen-bond acceptors (Lipinski definition) is 2. The van der Waals surface area contributed by atoms with Crippen LogP contribution in [-0.2, 0) is 6.42 Å². The lowest BCUT2D eigenvalue weighted by molar-refractivity contribution is 0.380. The third-order valence-corrected chi connectivity index (χ3v) is 4.69. The summed E-state index contributed by atoms with van der Waals surface area (Å²) in [6.07, 6.45) is 8.30. The van der Waals surface area contributed by atoms with Crippen LogP contribution in [0.15, 0.2) is 17.5 Å². The summed E-state index contributed by atoms with van der Waals surface area (Å²) >= 11 is 1.88. The van der Waals surface area contributed by atoms with Crippen molar-refractivity contribution < 1.29 is 0 Å². The van der Waals surface area contributed by atoms with Gasteiger partial charge in [0.05, 0.1) is 0 Å². The molecule has 1 saturated carbocycles. The van der Waals surface area contributed by atoms with Crippen LogP contribution in [0, 0.1) is 5.92 Å². The van der Waals surface area contributed by atoms with E-state index in [4.69, 9.17) is 0 Å². The van der Waals surface area contributed by atoms with E-state index < -0.39 is 0 Å². The van der Waals surface area contributed by atoms with E-state index in [2.05, 4.69) is 29.8 Å². The van der Waals surface area contributed by atoms with Gasteiger partial charge in [0.15, 0.2) is 0 Å². The van der Waals surface area contributed by atoms with Crippen molar-refractivity contribution in [2.75, 3.05) is 6.54 Å². The zero-order valence-corrected chi connectivity index (χ0v) is 11.1. The Hall–Kier alpha value is -0.340. The van der Waals surface area contributed by atoms with Crippen molar-refractivity contribution >= 4 is 11.3 Å². The third kappa shape index (κ3) is 3.60. The van der Waals surface area contributed by atoms with E-state index >= 15 is 0 Å². The first-order valence-electron chi connectivity index (χ1n) is 6.62. The van der Waals surface area contributed by atoms with Crippen LogP contribution in [0.5, 0.6) is 0 Å². The van der Waals surface area contributed by atoms with Crippen LogP contribution < -0.4 is 5.32 Å². The van der Waals surface area contributed by atoms with Gasteiger partial charge in [0.1, 0.15) is 0 Å². The minimum absolute atomic E-state index is 0.728. The Morgan fingerprint density at radius 1 is 1.44 bits per heavy atom. The highest BCUT2D eigenvalue weighted by Gasteiger charge is 2.20. The molecule has 0 bridgehead atoms. The van der Waals surface area contributed by atoms with Gasteiger partial charge in [0.25, 0.3) is 0 Å². The molecule has 1 aromatic rings. The lowest BCUT2D eigenvalue weighted by Crippen LogP contribution is -2.33. The van der Waals surface area contributed by atoms with E-state index in [0.29, 0.717) is 0 Å². The van der Waals surface area contributed by atoms with Crippen molar-refractivity contribution in [2.45, 2.75) is 51.5 Å². The highest BCUT2D eigenvalue weighted by Crippen LogP contribution is 2.27. The molecule has 90 valence electrons. The molecule has 1 aromatic heterocycles. The molecule has 1 aliphatic rings. The second kappa shape index (κ2) is 6.41. The van der Waals surface area contributed by atoms with E-state index in [-0.39, 0.29) is 0 Å². The van der Waals surface area contributed by atoms with Crippen LogP contribution in [0.2, 0.25) is 0 Å². The highest BCUT2D eigenvalue weighted by molar-refractivity contribution is 7.09. The molecule has 0 radical (unpaired) electrons. The molecule has 0 amide bonds. The summed E-state index contributed by atoms with van der Waals surface area (Å²) in [7, 11) is 0. The molecule has 16 heavy (non-hydrogen) atoms. The van der Waals surface area contributed by atoms with Crippen LogP contribution in [0.3, 0.4) is 0 Å². The van der Waals surface area contributed by atoms with E-state index in [1.807, 2.05) is 11.3 Å². The highest BCUT2D eigenvalue weighted by atomic mass is 32.1. The summed E-state index contributed by atoms with van der Waals surface area (Å²) in [5.74, 6) is 0.946. The fourth-order valence-electron chi connectivity index (χ4n) is 2.67. The third-order valence-electron chi connectivity index (χ3n) is 3.75. The summed E-state index contributed by atoms with van der Waals surface area (Å²) in [6, 6.07) is 5.12. The smallest absolute Gasteiger partial charge is 0.00669 e. The number of rotatable bonds is 6. The first-order valence-corrected chi connectivity index (χ1v) is 7.50. The summed E-state index contributed by atoms with van der Waals surface area (Å²) in [5.41, 5.74) is 0. The average molecular weight is 237 g/mol. The minimum atomic E-state index is 0.728. The fourth-order valence-corrected chi connectivity index (χ4v) is 3.42. The molecule has 1 unspecified atom stereocenters. The average Bonchev–Trinajstić information content (AvgIpc) is 2.96. The summed E-state index contributed by atoms with van der Waals surface area (Å²) in [5, 5.41) is 5.86. The molecule has 1 nitrogen and oxygen atoms in total. The van der Waals surface area contributed by atoms with Crippen LogP contribution in [-0.4, -0.2) is 12.6 Å². The first-order chi connectivity index (χ1) is 7.86. The van der Waals surface area contributed by atoms with Crippen molar-refractivity contribution in [3.8, 4) is 0 Å². The molecule has 0 saturated heterocycles. The van der Waals surface area contributed by atoms with E-state index in [0.717, 1.165) is 12.0 Å². The molecule has 2 rings (SSSR count). The molecule has 1 fully saturated rings. The van der Waals surface area contributed by atoms with Crippen molar-refractivity contribution in [2.24, 2.45) is 5.92 Å². The maximum atomic E-state index is 3.69. The van der Waals surface area contributed by atoms with Gasteiger partial charge in [-0.05, 0) is 56.5 Å². The lowest BCUT2D eigenvalue weighted by Gasteiger charge is -2.20. The largest absolute Gasteiger partial charge is 0.314 e. The van der Waals surface area contributed by atoms with E-state index in [1.54, 1.807) is 0 Å². The van der Waals surface area contributed by atoms with Gasteiger partial charge >= 0.3 is 0 Å². The second-order valence-electron chi connectivity index (χ2n) is 4.97. The minimum Gasteiger partial charge on any atom is -0.314 e. The van der Waals surface area contributed by atoms with Crippen LogP contribution in [0.4, 0.5) is 0 Å². The molecule has 0 aliphatic heterocycles. The topological polar surface area (TPSA) is 12.0 Å². The van der Waals surface area contributed by atoms with Crippen LogP contribution >= 0.6 is 11.3 Å². The normalized spacial score (nSPS) is 19.1. The first kappa shape index (κ1) is 12.1. The number of thiophene rings is 1.